The zero-order valence-corrected chi connectivity index (χ0v) is 29.3. The second-order valence-electron chi connectivity index (χ2n) is 11.0. The number of fused-ring (bicyclic) bond motifs is 1. The van der Waals surface area contributed by atoms with Crippen LogP contribution in [0.25, 0.3) is 20.8 Å². The normalized spacial score (nSPS) is 11.7. The SMILES string of the molecule is CCn1c(O)c(/N=N/c2cc(Nc3nc(Cl)nc(Nc4ccc(-c5nc6ccc(C)cc6s5)cc4)n3)ccc2S(=O)(=O)O)c(C)c(C(N)=O)c1=O. The molecule has 1 amide bonds. The van der Waals surface area contributed by atoms with Gasteiger partial charge in [-0.1, -0.05) is 6.07 Å². The second kappa shape index (κ2) is 13.8. The molecule has 0 saturated heterocycles. The molecule has 6 N–H and O–H groups in total. The molecule has 3 aromatic carbocycles. The van der Waals surface area contributed by atoms with Crippen molar-refractivity contribution >= 4 is 83.8 Å². The minimum absolute atomic E-state index is 0.0315. The number of nitrogens with one attached hydrogen (secondary N) is 2. The van der Waals surface area contributed by atoms with Crippen LogP contribution < -0.4 is 21.9 Å². The summed E-state index contributed by atoms with van der Waals surface area (Å²) < 4.78 is 36.2. The van der Waals surface area contributed by atoms with E-state index >= 15 is 0 Å². The van der Waals surface area contributed by atoms with Crippen LogP contribution in [0, 0.1) is 13.8 Å². The van der Waals surface area contributed by atoms with Crippen molar-refractivity contribution in [3.05, 3.63) is 93.0 Å². The first-order chi connectivity index (χ1) is 24.2. The smallest absolute Gasteiger partial charge is 0.296 e. The largest absolute Gasteiger partial charge is 0.493 e. The first-order valence-electron chi connectivity index (χ1n) is 14.9. The molecule has 3 aromatic heterocycles. The van der Waals surface area contributed by atoms with Gasteiger partial charge in [-0.05, 0) is 92.5 Å². The number of hydrogen-bond acceptors (Lipinski definition) is 14. The third kappa shape index (κ3) is 7.38. The predicted octanol–water partition coefficient (Wildman–Crippen LogP) is 6.55. The molecule has 0 saturated carbocycles. The van der Waals surface area contributed by atoms with Crippen LogP contribution in [0.15, 0.2) is 80.6 Å². The Hall–Kier alpha value is -5.82. The number of nitrogens with two attached hydrogens (primary N) is 1. The molecule has 260 valence electrons. The van der Waals surface area contributed by atoms with E-state index in [0.29, 0.717) is 5.69 Å². The number of aromatic nitrogens is 5. The van der Waals surface area contributed by atoms with Gasteiger partial charge >= 0.3 is 0 Å². The Balaban J connectivity index is 1.27. The Morgan fingerprint density at radius 2 is 1.63 bits per heavy atom. The quantitative estimate of drug-likeness (QED) is 0.0740. The van der Waals surface area contributed by atoms with Gasteiger partial charge in [0.05, 0.1) is 10.2 Å². The number of azo groups is 1. The molecule has 51 heavy (non-hydrogen) atoms. The molecular formula is C32H27ClN10O6S2. The highest BCUT2D eigenvalue weighted by molar-refractivity contribution is 7.86. The second-order valence-corrected chi connectivity index (χ2v) is 13.8. The monoisotopic (exact) mass is 746 g/mol. The van der Waals surface area contributed by atoms with Crippen LogP contribution in [-0.4, -0.2) is 48.5 Å². The van der Waals surface area contributed by atoms with Crippen LogP contribution in [0.2, 0.25) is 5.28 Å². The number of rotatable bonds is 10. The molecule has 3 heterocycles. The van der Waals surface area contributed by atoms with Crippen molar-refractivity contribution in [2.24, 2.45) is 16.0 Å². The van der Waals surface area contributed by atoms with E-state index in [-0.39, 0.29) is 46.4 Å². The minimum atomic E-state index is -4.82. The van der Waals surface area contributed by atoms with Crippen LogP contribution in [0.3, 0.4) is 0 Å². The highest BCUT2D eigenvalue weighted by Gasteiger charge is 2.23. The number of aromatic hydroxyl groups is 1. The summed E-state index contributed by atoms with van der Waals surface area (Å²) in [5.74, 6) is -1.62. The number of nitrogens with zero attached hydrogens (tertiary/aromatic N) is 7. The summed E-state index contributed by atoms with van der Waals surface area (Å²) in [5.41, 5.74) is 7.23. The van der Waals surface area contributed by atoms with Crippen LogP contribution >= 0.6 is 22.9 Å². The van der Waals surface area contributed by atoms with E-state index < -0.39 is 37.9 Å². The maximum Gasteiger partial charge on any atom is 0.296 e. The lowest BCUT2D eigenvalue weighted by Gasteiger charge is -2.13. The van der Waals surface area contributed by atoms with E-state index in [9.17, 15) is 27.7 Å². The maximum absolute atomic E-state index is 12.6. The highest BCUT2D eigenvalue weighted by Crippen LogP contribution is 2.36. The molecule has 6 rings (SSSR count). The average Bonchev–Trinajstić information content (AvgIpc) is 3.47. The Labute approximate surface area is 298 Å². The van der Waals surface area contributed by atoms with Gasteiger partial charge in [0.25, 0.3) is 21.6 Å². The van der Waals surface area contributed by atoms with Gasteiger partial charge in [0.1, 0.15) is 26.8 Å². The maximum atomic E-state index is 12.6. The van der Waals surface area contributed by atoms with Gasteiger partial charge in [-0.15, -0.1) is 21.6 Å². The number of thiazole rings is 1. The van der Waals surface area contributed by atoms with Gasteiger partial charge in [-0.25, -0.2) is 4.98 Å². The average molecular weight is 747 g/mol. The summed E-state index contributed by atoms with van der Waals surface area (Å²) >= 11 is 7.79. The number of benzene rings is 3. The Kier molecular flexibility index (Phi) is 9.50. The van der Waals surface area contributed by atoms with Crippen molar-refractivity contribution in [3.63, 3.8) is 0 Å². The van der Waals surface area contributed by atoms with Crippen LogP contribution in [0.1, 0.15) is 28.4 Å². The van der Waals surface area contributed by atoms with Gasteiger partial charge < -0.3 is 21.5 Å². The van der Waals surface area contributed by atoms with Gasteiger partial charge in [0.2, 0.25) is 23.1 Å². The van der Waals surface area contributed by atoms with Crippen molar-refractivity contribution in [3.8, 4) is 16.5 Å². The molecule has 16 nitrogen and oxygen atoms in total. The number of pyridine rings is 1. The van der Waals surface area contributed by atoms with E-state index in [1.54, 1.807) is 18.3 Å². The molecule has 19 heteroatoms. The predicted molar refractivity (Wildman–Crippen MR) is 193 cm³/mol. The zero-order valence-electron chi connectivity index (χ0n) is 26.9. The van der Waals surface area contributed by atoms with Crippen molar-refractivity contribution < 1.29 is 22.9 Å². The number of halogens is 1. The molecule has 0 aliphatic carbocycles. The first kappa shape index (κ1) is 35.0. The van der Waals surface area contributed by atoms with Crippen LogP contribution in [0.5, 0.6) is 5.88 Å². The van der Waals surface area contributed by atoms with Gasteiger partial charge in [-0.3, -0.25) is 18.7 Å². The summed E-state index contributed by atoms with van der Waals surface area (Å²) in [6.07, 6.45) is 0. The number of anilines is 4. The number of amides is 1. The zero-order chi connectivity index (χ0) is 36.6. The summed E-state index contributed by atoms with van der Waals surface area (Å²) in [6.45, 7) is 4.87. The highest BCUT2D eigenvalue weighted by atomic mass is 35.5. The van der Waals surface area contributed by atoms with Gasteiger partial charge in [-0.2, -0.15) is 23.4 Å². The standard InChI is InChI=1S/C32H27ClN10O6S2/c1-4-43-28(45)24(26(34)44)16(3)25(29(43)46)42-41-21-14-19(10-12-23(21)51(47,48)49)36-32-39-30(33)38-31(40-32)35-18-8-6-17(7-9-18)27-37-20-11-5-15(2)13-22(20)50-27/h5-14,46H,4H2,1-3H3,(H2,34,44)(H,47,48,49)(H2,35,36,38,39,40)/b42-41+. The third-order valence-electron chi connectivity index (χ3n) is 7.51. The van der Waals surface area contributed by atoms with E-state index in [2.05, 4.69) is 41.9 Å². The van der Waals surface area contributed by atoms with Crippen LogP contribution in [-0.2, 0) is 16.7 Å². The van der Waals surface area contributed by atoms with Gasteiger partial charge in [0, 0.05) is 29.0 Å². The number of carbonyl (C=O) groups is 1. The molecule has 0 bridgehead atoms. The van der Waals surface area contributed by atoms with Crippen molar-refractivity contribution in [2.75, 3.05) is 10.6 Å². The third-order valence-corrected chi connectivity index (χ3v) is 9.65. The molecule has 0 radical (unpaired) electrons. The summed E-state index contributed by atoms with van der Waals surface area (Å²) in [5, 5.41) is 25.2. The topological polar surface area (TPSA) is 240 Å². The molecule has 0 spiro atoms. The summed E-state index contributed by atoms with van der Waals surface area (Å²) in [4.78, 5) is 41.3. The Morgan fingerprint density at radius 1 is 0.961 bits per heavy atom. The first-order valence-corrected chi connectivity index (χ1v) is 17.6. The van der Waals surface area contributed by atoms with Crippen molar-refractivity contribution in [1.29, 1.82) is 0 Å². The van der Waals surface area contributed by atoms with Crippen molar-refractivity contribution in [2.45, 2.75) is 32.2 Å². The summed E-state index contributed by atoms with van der Waals surface area (Å²) in [7, 11) is -4.82. The fraction of sp³-hybridized carbons (Fsp3) is 0.125. The number of carbonyl (C=O) groups excluding carboxylic acids is 1. The molecular weight excluding hydrogens is 720 g/mol. The van der Waals surface area contributed by atoms with E-state index in [1.165, 1.54) is 19.1 Å². The minimum Gasteiger partial charge on any atom is -0.493 e. The molecule has 0 atom stereocenters. The fourth-order valence-corrected chi connectivity index (χ4v) is 6.91. The lowest BCUT2D eigenvalue weighted by atomic mass is 10.1. The fourth-order valence-electron chi connectivity index (χ4n) is 5.08. The number of aryl methyl sites for hydroxylation is 1. The summed E-state index contributed by atoms with van der Waals surface area (Å²) in [6, 6.07) is 17.2. The Morgan fingerprint density at radius 3 is 2.27 bits per heavy atom. The molecule has 0 aliphatic heterocycles. The number of primary amides is 1. The lowest BCUT2D eigenvalue weighted by Crippen LogP contribution is -2.30. The molecule has 0 aliphatic rings. The lowest BCUT2D eigenvalue weighted by molar-refractivity contribution is 0.0997. The van der Waals surface area contributed by atoms with E-state index in [4.69, 9.17) is 22.3 Å². The Bertz CT molecular complexity index is 2560. The molecule has 0 fully saturated rings. The number of hydrogen-bond donors (Lipinski definition) is 5. The van der Waals surface area contributed by atoms with Gasteiger partial charge in [0.15, 0.2) is 0 Å². The van der Waals surface area contributed by atoms with Crippen LogP contribution in [0.4, 0.5) is 34.6 Å². The van der Waals surface area contributed by atoms with E-state index in [0.717, 1.165) is 37.0 Å². The van der Waals surface area contributed by atoms with E-state index in [1.807, 2.05) is 43.3 Å². The van der Waals surface area contributed by atoms with Crippen molar-refractivity contribution in [1.82, 2.24) is 24.5 Å². The molecule has 0 unspecified atom stereocenters. The molecule has 6 aromatic rings.